The first kappa shape index (κ1) is 17.0. The molecule has 0 fully saturated rings. The smallest absolute Gasteiger partial charge is 0.0238 e. The van der Waals surface area contributed by atoms with Gasteiger partial charge in [-0.2, -0.15) is 0 Å². The van der Waals surface area contributed by atoms with Crippen LogP contribution < -0.4 is 0 Å². The fraction of sp³-hybridized carbons (Fsp3) is 0.444. The van der Waals surface area contributed by atoms with Crippen LogP contribution in [0.25, 0.3) is 0 Å². The van der Waals surface area contributed by atoms with E-state index < -0.39 is 0 Å². The van der Waals surface area contributed by atoms with E-state index in [9.17, 15) is 0 Å². The molecule has 1 atom stereocenters. The molecule has 1 aromatic rings. The Labute approximate surface area is 114 Å². The Hall–Kier alpha value is -1.04. The Morgan fingerprint density at radius 1 is 1.22 bits per heavy atom. The number of rotatable bonds is 5. The molecular weight excluding hydrogens is 216 g/mol. The fourth-order valence-electron chi connectivity index (χ4n) is 1.94. The second-order valence-electron chi connectivity index (χ2n) is 4.63. The first-order valence-electron chi connectivity index (χ1n) is 6.89. The van der Waals surface area contributed by atoms with Gasteiger partial charge in [-0.1, -0.05) is 63.1 Å². The van der Waals surface area contributed by atoms with Gasteiger partial charge in [0.1, 0.15) is 0 Å². The summed E-state index contributed by atoms with van der Waals surface area (Å²) in [5.41, 5.74) is 4.03. The number of hydrogen-bond acceptors (Lipinski definition) is 0. The molecule has 18 heavy (non-hydrogen) atoms. The Morgan fingerprint density at radius 3 is 2.22 bits per heavy atom. The number of hydrogen-bond donors (Lipinski definition) is 0. The Kier molecular flexibility index (Phi) is 9.36. The molecule has 0 saturated carbocycles. The summed E-state index contributed by atoms with van der Waals surface area (Å²) in [7, 11) is 0. The highest BCUT2D eigenvalue weighted by atomic mass is 14.1. The maximum atomic E-state index is 3.91. The molecule has 2 radical (unpaired) electrons. The van der Waals surface area contributed by atoms with E-state index in [1.807, 2.05) is 0 Å². The van der Waals surface area contributed by atoms with Crippen molar-refractivity contribution in [2.45, 2.75) is 47.0 Å². The summed E-state index contributed by atoms with van der Waals surface area (Å²) < 4.78 is 0. The van der Waals surface area contributed by atoms with Crippen LogP contribution >= 0.6 is 0 Å². The van der Waals surface area contributed by atoms with E-state index in [2.05, 4.69) is 65.0 Å². The van der Waals surface area contributed by atoms with E-state index in [4.69, 9.17) is 0 Å². The summed E-state index contributed by atoms with van der Waals surface area (Å²) in [6, 6.07) is 8.61. The Balaban J connectivity index is 0.00000137. The average Bonchev–Trinajstić information content (AvgIpc) is 2.42. The molecule has 0 spiro atoms. The first-order valence-corrected chi connectivity index (χ1v) is 6.89. The predicted molar refractivity (Wildman–Crippen MR) is 83.5 cm³/mol. The minimum atomic E-state index is 0.770. The summed E-state index contributed by atoms with van der Waals surface area (Å²) in [4.78, 5) is 0. The normalized spacial score (nSPS) is 12.7. The standard InChI is InChI=1S/C16H23.C2H5/c1-5-13(3)11-15(6-2)12-16-9-7-14(4)8-10-16;1-2/h5,7-10,15H,4,6,11-12H2,1-3H3;1H2,2H3/b13-5+;. The van der Waals surface area contributed by atoms with Crippen molar-refractivity contribution in [3.63, 3.8) is 0 Å². The molecule has 0 saturated heterocycles. The molecule has 1 aromatic carbocycles. The minimum Gasteiger partial charge on any atom is -0.0887 e. The summed E-state index contributed by atoms with van der Waals surface area (Å²) >= 11 is 0. The van der Waals surface area contributed by atoms with Crippen molar-refractivity contribution in [3.05, 3.63) is 60.9 Å². The highest BCUT2D eigenvalue weighted by Gasteiger charge is 2.07. The summed E-state index contributed by atoms with van der Waals surface area (Å²) in [5.74, 6) is 0.770. The van der Waals surface area contributed by atoms with Crippen LogP contribution in [0.15, 0.2) is 35.9 Å². The molecule has 1 unspecified atom stereocenters. The van der Waals surface area contributed by atoms with Gasteiger partial charge in [-0.3, -0.25) is 0 Å². The molecule has 0 aliphatic heterocycles. The lowest BCUT2D eigenvalue weighted by atomic mass is 9.90. The van der Waals surface area contributed by atoms with Gasteiger partial charge in [0.05, 0.1) is 0 Å². The zero-order chi connectivity index (χ0) is 14.0. The van der Waals surface area contributed by atoms with Crippen molar-refractivity contribution in [2.24, 2.45) is 5.92 Å². The van der Waals surface area contributed by atoms with Crippen molar-refractivity contribution in [3.8, 4) is 0 Å². The molecule has 0 aromatic heterocycles. The van der Waals surface area contributed by atoms with Crippen molar-refractivity contribution < 1.29 is 0 Å². The van der Waals surface area contributed by atoms with Gasteiger partial charge in [0.15, 0.2) is 0 Å². The highest BCUT2D eigenvalue weighted by molar-refractivity contribution is 5.24. The van der Waals surface area contributed by atoms with Crippen LogP contribution in [0.4, 0.5) is 0 Å². The number of benzene rings is 1. The molecule has 0 bridgehead atoms. The first-order chi connectivity index (χ1) is 8.65. The highest BCUT2D eigenvalue weighted by Crippen LogP contribution is 2.20. The summed E-state index contributed by atoms with van der Waals surface area (Å²) in [5, 5.41) is 0. The Morgan fingerprint density at radius 2 is 1.78 bits per heavy atom. The van der Waals surface area contributed by atoms with Gasteiger partial charge in [-0.25, -0.2) is 0 Å². The summed E-state index contributed by atoms with van der Waals surface area (Å²) in [6.45, 7) is 15.5. The predicted octanol–water partition coefficient (Wildman–Crippen LogP) is 5.63. The summed E-state index contributed by atoms with van der Waals surface area (Å²) in [6.07, 6.45) is 5.88. The van der Waals surface area contributed by atoms with Gasteiger partial charge in [0.25, 0.3) is 0 Å². The quantitative estimate of drug-likeness (QED) is 0.588. The molecule has 0 heterocycles. The zero-order valence-corrected chi connectivity index (χ0v) is 12.5. The third kappa shape index (κ3) is 6.64. The van der Waals surface area contributed by atoms with Crippen molar-refractivity contribution in [2.75, 3.05) is 0 Å². The second-order valence-corrected chi connectivity index (χ2v) is 4.63. The van der Waals surface area contributed by atoms with E-state index in [1.54, 1.807) is 6.92 Å². The van der Waals surface area contributed by atoms with Crippen LogP contribution in [0.3, 0.4) is 0 Å². The van der Waals surface area contributed by atoms with Crippen LogP contribution in [0.1, 0.15) is 51.7 Å². The van der Waals surface area contributed by atoms with Crippen LogP contribution in [-0.4, -0.2) is 0 Å². The van der Waals surface area contributed by atoms with Crippen molar-refractivity contribution in [1.29, 1.82) is 0 Å². The molecule has 0 nitrogen and oxygen atoms in total. The maximum Gasteiger partial charge on any atom is -0.0238 e. The van der Waals surface area contributed by atoms with E-state index in [0.717, 1.165) is 11.5 Å². The monoisotopic (exact) mass is 244 g/mol. The Bertz CT molecular complexity index is 330. The molecule has 0 N–H and O–H groups in total. The maximum absolute atomic E-state index is 3.91. The van der Waals surface area contributed by atoms with Crippen molar-refractivity contribution in [1.82, 2.24) is 0 Å². The molecule has 100 valence electrons. The van der Waals surface area contributed by atoms with Gasteiger partial charge >= 0.3 is 0 Å². The lowest BCUT2D eigenvalue weighted by Gasteiger charge is -2.15. The fourth-order valence-corrected chi connectivity index (χ4v) is 1.94. The van der Waals surface area contributed by atoms with Gasteiger partial charge in [-0.15, -0.1) is 0 Å². The van der Waals surface area contributed by atoms with Gasteiger partial charge < -0.3 is 0 Å². The average molecular weight is 244 g/mol. The minimum absolute atomic E-state index is 0.770. The topological polar surface area (TPSA) is 0 Å². The molecule has 0 aliphatic carbocycles. The van der Waals surface area contributed by atoms with Crippen LogP contribution in [-0.2, 0) is 6.42 Å². The van der Waals surface area contributed by atoms with E-state index in [0.29, 0.717) is 0 Å². The lowest BCUT2D eigenvalue weighted by molar-refractivity contribution is 0.502. The van der Waals surface area contributed by atoms with E-state index in [1.165, 1.54) is 30.4 Å². The number of allylic oxidation sites excluding steroid dienone is 2. The van der Waals surface area contributed by atoms with E-state index >= 15 is 0 Å². The molecule has 0 amide bonds. The zero-order valence-electron chi connectivity index (χ0n) is 12.5. The molecule has 1 rings (SSSR count). The molecular formula is C18H28. The van der Waals surface area contributed by atoms with Crippen LogP contribution in [0.2, 0.25) is 0 Å². The molecule has 0 heteroatoms. The third-order valence-corrected chi connectivity index (χ3v) is 3.23. The lowest BCUT2D eigenvalue weighted by Crippen LogP contribution is -2.04. The SMILES string of the molecule is [CH2]C.[CH2]c1ccc(CC(CC)C/C(C)=C/C)cc1. The molecule has 0 aliphatic rings. The third-order valence-electron chi connectivity index (χ3n) is 3.23. The van der Waals surface area contributed by atoms with Gasteiger partial charge in [0, 0.05) is 0 Å². The second kappa shape index (κ2) is 9.94. The van der Waals surface area contributed by atoms with Crippen LogP contribution in [0.5, 0.6) is 0 Å². The van der Waals surface area contributed by atoms with Crippen LogP contribution in [0, 0.1) is 19.8 Å². The van der Waals surface area contributed by atoms with Crippen molar-refractivity contribution >= 4 is 0 Å². The largest absolute Gasteiger partial charge is 0.0887 e. The van der Waals surface area contributed by atoms with E-state index in [-0.39, 0.29) is 0 Å². The van der Waals surface area contributed by atoms with Gasteiger partial charge in [-0.05, 0) is 50.7 Å². The van der Waals surface area contributed by atoms with Gasteiger partial charge in [0.2, 0.25) is 0 Å².